The first-order valence-corrected chi connectivity index (χ1v) is 8.39. The molecule has 0 spiro atoms. The van der Waals surface area contributed by atoms with Crippen LogP contribution in [0.1, 0.15) is 6.92 Å². The monoisotopic (exact) mass is 333 g/mol. The maximum Gasteiger partial charge on any atom is 0.313 e. The standard InChI is InChI=1S/C13H16ClNO3S2/c1-9(20-11-4-2-10(14)3-5-11)13(18)15-6-7-19-8-12(16)17/h2-5,9H,6-8H2,1H3,(H,15,18)(H,16,17). The lowest BCUT2D eigenvalue weighted by Gasteiger charge is -2.11. The van der Waals surface area contributed by atoms with Crippen molar-refractivity contribution in [3.63, 3.8) is 0 Å². The third-order valence-electron chi connectivity index (χ3n) is 2.27. The van der Waals surface area contributed by atoms with E-state index in [-0.39, 0.29) is 16.9 Å². The summed E-state index contributed by atoms with van der Waals surface area (Å²) in [5, 5.41) is 11.7. The van der Waals surface area contributed by atoms with Gasteiger partial charge < -0.3 is 10.4 Å². The Morgan fingerprint density at radius 3 is 2.60 bits per heavy atom. The molecular weight excluding hydrogens is 318 g/mol. The fourth-order valence-corrected chi connectivity index (χ4v) is 2.90. The van der Waals surface area contributed by atoms with Gasteiger partial charge in [0.2, 0.25) is 5.91 Å². The molecule has 1 unspecified atom stereocenters. The molecule has 7 heteroatoms. The van der Waals surface area contributed by atoms with Crippen LogP contribution in [-0.4, -0.2) is 40.3 Å². The second-order valence-corrected chi connectivity index (χ2v) is 6.91. The van der Waals surface area contributed by atoms with Gasteiger partial charge in [0.25, 0.3) is 0 Å². The number of aliphatic carboxylic acids is 1. The normalized spacial score (nSPS) is 11.9. The number of hydrogen-bond acceptors (Lipinski definition) is 4. The number of carbonyl (C=O) groups is 2. The Hall–Kier alpha value is -0.850. The molecule has 110 valence electrons. The summed E-state index contributed by atoms with van der Waals surface area (Å²) in [6.45, 7) is 2.31. The minimum atomic E-state index is -0.840. The number of nitrogens with one attached hydrogen (secondary N) is 1. The summed E-state index contributed by atoms with van der Waals surface area (Å²) in [4.78, 5) is 23.1. The fraction of sp³-hybridized carbons (Fsp3) is 0.385. The van der Waals surface area contributed by atoms with Gasteiger partial charge in [-0.3, -0.25) is 9.59 Å². The van der Waals surface area contributed by atoms with E-state index >= 15 is 0 Å². The van der Waals surface area contributed by atoms with Gasteiger partial charge in [0.05, 0.1) is 11.0 Å². The Kier molecular flexibility index (Phi) is 7.87. The predicted molar refractivity (Wildman–Crippen MR) is 84.7 cm³/mol. The van der Waals surface area contributed by atoms with Crippen LogP contribution in [0.4, 0.5) is 0 Å². The van der Waals surface area contributed by atoms with Gasteiger partial charge in [0, 0.05) is 22.2 Å². The highest BCUT2D eigenvalue weighted by atomic mass is 35.5. The van der Waals surface area contributed by atoms with Crippen molar-refractivity contribution in [2.45, 2.75) is 17.1 Å². The van der Waals surface area contributed by atoms with Gasteiger partial charge in [-0.15, -0.1) is 23.5 Å². The third-order valence-corrected chi connectivity index (χ3v) is 4.57. The highest BCUT2D eigenvalue weighted by Gasteiger charge is 2.13. The van der Waals surface area contributed by atoms with Crippen molar-refractivity contribution in [2.75, 3.05) is 18.1 Å². The summed E-state index contributed by atoms with van der Waals surface area (Å²) in [6, 6.07) is 7.33. The number of thioether (sulfide) groups is 2. The predicted octanol–water partition coefficient (Wildman–Crippen LogP) is 2.75. The number of halogens is 1. The summed E-state index contributed by atoms with van der Waals surface area (Å²) in [7, 11) is 0. The first-order valence-electron chi connectivity index (χ1n) is 5.98. The molecule has 1 amide bonds. The Morgan fingerprint density at radius 2 is 2.00 bits per heavy atom. The maximum atomic E-state index is 11.8. The van der Waals surface area contributed by atoms with Gasteiger partial charge in [0.15, 0.2) is 0 Å². The van der Waals surface area contributed by atoms with Crippen LogP contribution >= 0.6 is 35.1 Å². The summed E-state index contributed by atoms with van der Waals surface area (Å²) in [5.74, 6) is -0.240. The Labute approximate surface area is 131 Å². The summed E-state index contributed by atoms with van der Waals surface area (Å²) in [5.41, 5.74) is 0. The molecule has 0 bridgehead atoms. The molecule has 0 aromatic heterocycles. The molecule has 0 aliphatic heterocycles. The smallest absolute Gasteiger partial charge is 0.313 e. The van der Waals surface area contributed by atoms with Crippen molar-refractivity contribution in [1.82, 2.24) is 5.32 Å². The fourth-order valence-electron chi connectivity index (χ4n) is 1.32. The van der Waals surface area contributed by atoms with Crippen LogP contribution in [0.5, 0.6) is 0 Å². The van der Waals surface area contributed by atoms with Gasteiger partial charge in [-0.05, 0) is 31.2 Å². The van der Waals surface area contributed by atoms with Crippen LogP contribution in [0.2, 0.25) is 5.02 Å². The average Bonchev–Trinajstić information content (AvgIpc) is 2.40. The van der Waals surface area contributed by atoms with E-state index in [0.29, 0.717) is 17.3 Å². The van der Waals surface area contributed by atoms with E-state index in [1.165, 1.54) is 23.5 Å². The van der Waals surface area contributed by atoms with Gasteiger partial charge in [-0.1, -0.05) is 11.6 Å². The zero-order chi connectivity index (χ0) is 15.0. The molecule has 0 saturated heterocycles. The number of rotatable bonds is 8. The second kappa shape index (κ2) is 9.15. The van der Waals surface area contributed by atoms with E-state index in [1.807, 2.05) is 19.1 Å². The molecule has 0 aliphatic rings. The molecule has 1 aromatic carbocycles. The van der Waals surface area contributed by atoms with E-state index in [4.69, 9.17) is 16.7 Å². The number of carboxylic acid groups (broad SMARTS) is 1. The van der Waals surface area contributed by atoms with E-state index in [9.17, 15) is 9.59 Å². The summed E-state index contributed by atoms with van der Waals surface area (Å²) >= 11 is 8.54. The maximum absolute atomic E-state index is 11.8. The number of carbonyl (C=O) groups excluding carboxylic acids is 1. The van der Waals surface area contributed by atoms with Gasteiger partial charge in [-0.2, -0.15) is 0 Å². The van der Waals surface area contributed by atoms with E-state index < -0.39 is 5.97 Å². The van der Waals surface area contributed by atoms with Crippen LogP contribution in [-0.2, 0) is 9.59 Å². The first-order chi connectivity index (χ1) is 9.49. The van der Waals surface area contributed by atoms with Crippen LogP contribution in [0.3, 0.4) is 0 Å². The number of amides is 1. The number of benzene rings is 1. The van der Waals surface area contributed by atoms with Crippen LogP contribution in [0, 0.1) is 0 Å². The highest BCUT2D eigenvalue weighted by Crippen LogP contribution is 2.24. The van der Waals surface area contributed by atoms with Crippen LogP contribution < -0.4 is 5.32 Å². The van der Waals surface area contributed by atoms with Crippen molar-refractivity contribution in [3.8, 4) is 0 Å². The minimum Gasteiger partial charge on any atom is -0.481 e. The third kappa shape index (κ3) is 7.07. The summed E-state index contributed by atoms with van der Waals surface area (Å²) < 4.78 is 0. The minimum absolute atomic E-state index is 0.0547. The molecule has 0 aliphatic carbocycles. The van der Waals surface area contributed by atoms with Crippen LogP contribution in [0.15, 0.2) is 29.2 Å². The van der Waals surface area contributed by atoms with E-state index in [0.717, 1.165) is 4.90 Å². The van der Waals surface area contributed by atoms with Crippen molar-refractivity contribution in [1.29, 1.82) is 0 Å². The molecular formula is C13H16ClNO3S2. The highest BCUT2D eigenvalue weighted by molar-refractivity contribution is 8.00. The van der Waals surface area contributed by atoms with Gasteiger partial charge in [-0.25, -0.2) is 0 Å². The molecule has 2 N–H and O–H groups in total. The van der Waals surface area contributed by atoms with Crippen LogP contribution in [0.25, 0.3) is 0 Å². The average molecular weight is 334 g/mol. The van der Waals surface area contributed by atoms with Crippen molar-refractivity contribution in [3.05, 3.63) is 29.3 Å². The zero-order valence-electron chi connectivity index (χ0n) is 11.0. The molecule has 0 fully saturated rings. The lowest BCUT2D eigenvalue weighted by molar-refractivity contribution is -0.133. The van der Waals surface area contributed by atoms with E-state index in [2.05, 4.69) is 5.32 Å². The van der Waals surface area contributed by atoms with Gasteiger partial charge >= 0.3 is 5.97 Å². The largest absolute Gasteiger partial charge is 0.481 e. The van der Waals surface area contributed by atoms with Crippen molar-refractivity contribution < 1.29 is 14.7 Å². The van der Waals surface area contributed by atoms with Crippen molar-refractivity contribution >= 4 is 47.0 Å². The summed E-state index contributed by atoms with van der Waals surface area (Å²) in [6.07, 6.45) is 0. The molecule has 0 heterocycles. The first kappa shape index (κ1) is 17.2. The molecule has 1 atom stereocenters. The number of carboxylic acids is 1. The molecule has 0 saturated carbocycles. The number of hydrogen-bond donors (Lipinski definition) is 2. The Bertz CT molecular complexity index is 453. The molecule has 1 aromatic rings. The lowest BCUT2D eigenvalue weighted by Crippen LogP contribution is -2.32. The molecule has 1 rings (SSSR count). The Balaban J connectivity index is 2.25. The molecule has 0 radical (unpaired) electrons. The molecule has 20 heavy (non-hydrogen) atoms. The Morgan fingerprint density at radius 1 is 1.35 bits per heavy atom. The lowest BCUT2D eigenvalue weighted by atomic mass is 10.4. The van der Waals surface area contributed by atoms with Gasteiger partial charge in [0.1, 0.15) is 0 Å². The van der Waals surface area contributed by atoms with E-state index in [1.54, 1.807) is 12.1 Å². The quantitative estimate of drug-likeness (QED) is 0.565. The SMILES string of the molecule is CC(Sc1ccc(Cl)cc1)C(=O)NCCSCC(=O)O. The topological polar surface area (TPSA) is 66.4 Å². The zero-order valence-corrected chi connectivity index (χ0v) is 13.4. The molecule has 4 nitrogen and oxygen atoms in total. The second-order valence-electron chi connectivity index (χ2n) is 3.95. The van der Waals surface area contributed by atoms with Crippen molar-refractivity contribution in [2.24, 2.45) is 0 Å².